The Morgan fingerprint density at radius 2 is 1.89 bits per heavy atom. The predicted molar refractivity (Wildman–Crippen MR) is 64.0 cm³/mol. The number of rotatable bonds is 1. The molecule has 0 N–H and O–H groups in total. The molecule has 0 aliphatic carbocycles. The molecule has 2 heterocycles. The summed E-state index contributed by atoms with van der Waals surface area (Å²) < 4.78 is 4.91. The zero-order valence-electron chi connectivity index (χ0n) is 10.7. The summed E-state index contributed by atoms with van der Waals surface area (Å²) in [6.45, 7) is 5.79. The third kappa shape index (κ3) is 2.69. The number of carbonyl (C=O) groups excluding carboxylic acids is 2. The normalized spacial score (nSPS) is 16.6. The van der Waals surface area contributed by atoms with E-state index in [-0.39, 0.29) is 11.8 Å². The molecule has 6 nitrogen and oxygen atoms in total. The van der Waals surface area contributed by atoms with Gasteiger partial charge >= 0.3 is 0 Å². The molecular formula is C12H17N3O3. The van der Waals surface area contributed by atoms with Crippen molar-refractivity contribution in [3.63, 3.8) is 0 Å². The van der Waals surface area contributed by atoms with Crippen LogP contribution in [0.2, 0.25) is 0 Å². The molecule has 98 valence electrons. The third-order valence-corrected chi connectivity index (χ3v) is 3.08. The van der Waals surface area contributed by atoms with Gasteiger partial charge in [0.25, 0.3) is 5.91 Å². The molecule has 18 heavy (non-hydrogen) atoms. The Morgan fingerprint density at radius 1 is 1.22 bits per heavy atom. The van der Waals surface area contributed by atoms with Crippen LogP contribution in [0.3, 0.4) is 0 Å². The van der Waals surface area contributed by atoms with E-state index in [4.69, 9.17) is 4.52 Å². The van der Waals surface area contributed by atoms with Gasteiger partial charge in [0.1, 0.15) is 5.76 Å². The average Bonchev–Trinajstić information content (AvgIpc) is 2.63. The largest absolute Gasteiger partial charge is 0.361 e. The lowest BCUT2D eigenvalue weighted by molar-refractivity contribution is -0.128. The van der Waals surface area contributed by atoms with Gasteiger partial charge in [0.15, 0.2) is 5.69 Å². The first kappa shape index (κ1) is 12.6. The van der Waals surface area contributed by atoms with E-state index >= 15 is 0 Å². The fourth-order valence-corrected chi connectivity index (χ4v) is 2.06. The molecule has 0 saturated carbocycles. The highest BCUT2D eigenvalue weighted by Crippen LogP contribution is 2.09. The van der Waals surface area contributed by atoms with Gasteiger partial charge in [-0.05, 0) is 13.3 Å². The van der Waals surface area contributed by atoms with Crippen molar-refractivity contribution in [3.05, 3.63) is 17.5 Å². The van der Waals surface area contributed by atoms with E-state index in [1.165, 1.54) is 0 Å². The van der Waals surface area contributed by atoms with Gasteiger partial charge in [-0.25, -0.2) is 0 Å². The van der Waals surface area contributed by atoms with Crippen molar-refractivity contribution in [1.29, 1.82) is 0 Å². The lowest BCUT2D eigenvalue weighted by Crippen LogP contribution is -2.36. The van der Waals surface area contributed by atoms with Gasteiger partial charge in [0.05, 0.1) is 0 Å². The molecule has 2 amide bonds. The van der Waals surface area contributed by atoms with Crippen LogP contribution in [0.5, 0.6) is 0 Å². The topological polar surface area (TPSA) is 66.7 Å². The second kappa shape index (κ2) is 5.20. The summed E-state index contributed by atoms with van der Waals surface area (Å²) >= 11 is 0. The highest BCUT2D eigenvalue weighted by molar-refractivity contribution is 5.92. The van der Waals surface area contributed by atoms with Crippen molar-refractivity contribution in [1.82, 2.24) is 15.0 Å². The van der Waals surface area contributed by atoms with Crippen LogP contribution in [0.25, 0.3) is 0 Å². The fraction of sp³-hybridized carbons (Fsp3) is 0.583. The summed E-state index contributed by atoms with van der Waals surface area (Å²) in [5, 5.41) is 3.73. The molecule has 6 heteroatoms. The second-order valence-corrected chi connectivity index (χ2v) is 4.47. The number of hydrogen-bond acceptors (Lipinski definition) is 4. The first-order chi connectivity index (χ1) is 8.58. The molecule has 2 rings (SSSR count). The van der Waals surface area contributed by atoms with E-state index < -0.39 is 0 Å². The van der Waals surface area contributed by atoms with Crippen LogP contribution in [0.1, 0.15) is 29.6 Å². The molecule has 0 atom stereocenters. The van der Waals surface area contributed by atoms with E-state index in [0.717, 1.165) is 6.42 Å². The Balaban J connectivity index is 2.02. The molecule has 0 unspecified atom stereocenters. The molecule has 0 radical (unpaired) electrons. The van der Waals surface area contributed by atoms with Crippen LogP contribution in [0, 0.1) is 6.92 Å². The van der Waals surface area contributed by atoms with E-state index in [0.29, 0.717) is 37.6 Å². The van der Waals surface area contributed by atoms with Crippen LogP contribution in [-0.2, 0) is 4.79 Å². The lowest BCUT2D eigenvalue weighted by atomic mass is 10.3. The Kier molecular flexibility index (Phi) is 3.64. The number of hydrogen-bond donors (Lipinski definition) is 0. The van der Waals surface area contributed by atoms with Gasteiger partial charge in [-0.1, -0.05) is 5.16 Å². The number of aromatic nitrogens is 1. The molecule has 1 aliphatic rings. The summed E-state index contributed by atoms with van der Waals surface area (Å²) in [4.78, 5) is 26.9. The second-order valence-electron chi connectivity index (χ2n) is 4.47. The standard InChI is InChI=1S/C12H17N3O3/c1-9-8-11(13-18-9)12(17)15-5-3-4-14(6-7-15)10(2)16/h8H,3-7H2,1-2H3. The fourth-order valence-electron chi connectivity index (χ4n) is 2.06. The number of aryl methyl sites for hydroxylation is 1. The SMILES string of the molecule is CC(=O)N1CCCN(C(=O)c2cc(C)on2)CC1. The highest BCUT2D eigenvalue weighted by atomic mass is 16.5. The number of nitrogens with zero attached hydrogens (tertiary/aromatic N) is 3. The van der Waals surface area contributed by atoms with Gasteiger partial charge in [0.2, 0.25) is 5.91 Å². The first-order valence-corrected chi connectivity index (χ1v) is 6.06. The van der Waals surface area contributed by atoms with E-state index in [1.807, 2.05) is 0 Å². The maximum absolute atomic E-state index is 12.1. The third-order valence-electron chi connectivity index (χ3n) is 3.08. The van der Waals surface area contributed by atoms with Crippen LogP contribution < -0.4 is 0 Å². The quantitative estimate of drug-likeness (QED) is 0.736. The summed E-state index contributed by atoms with van der Waals surface area (Å²) in [6.07, 6.45) is 0.794. The lowest BCUT2D eigenvalue weighted by Gasteiger charge is -2.20. The average molecular weight is 251 g/mol. The van der Waals surface area contributed by atoms with Gasteiger partial charge in [-0.3, -0.25) is 9.59 Å². The van der Waals surface area contributed by atoms with E-state index in [9.17, 15) is 9.59 Å². The highest BCUT2D eigenvalue weighted by Gasteiger charge is 2.23. The zero-order valence-corrected chi connectivity index (χ0v) is 10.7. The van der Waals surface area contributed by atoms with Crippen LogP contribution in [0.4, 0.5) is 0 Å². The Bertz CT molecular complexity index is 455. The van der Waals surface area contributed by atoms with Crippen LogP contribution in [-0.4, -0.2) is 52.9 Å². The molecular weight excluding hydrogens is 234 g/mol. The Labute approximate surface area is 106 Å². The van der Waals surface area contributed by atoms with Crippen molar-refractivity contribution < 1.29 is 14.1 Å². The minimum atomic E-state index is -0.128. The molecule has 0 spiro atoms. The number of carbonyl (C=O) groups is 2. The molecule has 1 aromatic heterocycles. The minimum absolute atomic E-state index is 0.0570. The smallest absolute Gasteiger partial charge is 0.276 e. The van der Waals surface area contributed by atoms with E-state index in [2.05, 4.69) is 5.16 Å². The molecule has 0 aromatic carbocycles. The Morgan fingerprint density at radius 3 is 2.50 bits per heavy atom. The summed E-state index contributed by atoms with van der Waals surface area (Å²) in [6, 6.07) is 1.63. The van der Waals surface area contributed by atoms with Crippen molar-refractivity contribution >= 4 is 11.8 Å². The molecule has 1 aromatic rings. The molecule has 1 fully saturated rings. The number of amides is 2. The van der Waals surface area contributed by atoms with Crippen LogP contribution in [0.15, 0.2) is 10.6 Å². The van der Waals surface area contributed by atoms with Crippen molar-refractivity contribution in [2.24, 2.45) is 0 Å². The van der Waals surface area contributed by atoms with Gasteiger partial charge in [-0.15, -0.1) is 0 Å². The monoisotopic (exact) mass is 251 g/mol. The summed E-state index contributed by atoms with van der Waals surface area (Å²) in [5.74, 6) is 0.553. The Hall–Kier alpha value is -1.85. The van der Waals surface area contributed by atoms with Crippen molar-refractivity contribution in [3.8, 4) is 0 Å². The molecule has 0 bridgehead atoms. The van der Waals surface area contributed by atoms with Gasteiger partial charge in [0, 0.05) is 39.2 Å². The van der Waals surface area contributed by atoms with Crippen molar-refractivity contribution in [2.45, 2.75) is 20.3 Å². The van der Waals surface area contributed by atoms with Gasteiger partial charge in [-0.2, -0.15) is 0 Å². The maximum atomic E-state index is 12.1. The first-order valence-electron chi connectivity index (χ1n) is 6.06. The van der Waals surface area contributed by atoms with E-state index in [1.54, 1.807) is 29.7 Å². The van der Waals surface area contributed by atoms with Crippen LogP contribution >= 0.6 is 0 Å². The van der Waals surface area contributed by atoms with Gasteiger partial charge < -0.3 is 14.3 Å². The van der Waals surface area contributed by atoms with Crippen molar-refractivity contribution in [2.75, 3.05) is 26.2 Å². The predicted octanol–water partition coefficient (Wildman–Crippen LogP) is 0.677. The minimum Gasteiger partial charge on any atom is -0.361 e. The molecule has 1 saturated heterocycles. The molecule has 1 aliphatic heterocycles. The maximum Gasteiger partial charge on any atom is 0.276 e. The summed E-state index contributed by atoms with van der Waals surface area (Å²) in [7, 11) is 0. The zero-order chi connectivity index (χ0) is 13.1. The summed E-state index contributed by atoms with van der Waals surface area (Å²) in [5.41, 5.74) is 0.337.